The molecule has 0 atom stereocenters. The monoisotopic (exact) mass is 495 g/mol. The number of aromatic nitrogens is 2. The van der Waals surface area contributed by atoms with E-state index in [0.717, 1.165) is 36.7 Å². The van der Waals surface area contributed by atoms with Gasteiger partial charge in [0.2, 0.25) is 0 Å². The number of para-hydroxylation sites is 1. The van der Waals surface area contributed by atoms with Crippen molar-refractivity contribution in [3.8, 4) is 5.69 Å². The van der Waals surface area contributed by atoms with Crippen LogP contribution in [0.25, 0.3) is 5.69 Å². The summed E-state index contributed by atoms with van der Waals surface area (Å²) in [5.74, 6) is 0.930. The summed E-state index contributed by atoms with van der Waals surface area (Å²) in [7, 11) is 2.09. The van der Waals surface area contributed by atoms with E-state index in [0.29, 0.717) is 6.54 Å². The van der Waals surface area contributed by atoms with Gasteiger partial charge in [0.15, 0.2) is 5.96 Å². The smallest absolute Gasteiger partial charge is 0.193 e. The van der Waals surface area contributed by atoms with Gasteiger partial charge in [-0.1, -0.05) is 24.3 Å². The molecule has 0 radical (unpaired) electrons. The maximum absolute atomic E-state index is 4.85. The molecule has 0 spiro atoms. The van der Waals surface area contributed by atoms with Gasteiger partial charge in [0.25, 0.3) is 0 Å². The highest BCUT2D eigenvalue weighted by Gasteiger charge is 2.08. The summed E-state index contributed by atoms with van der Waals surface area (Å²) < 4.78 is 1.89. The third-order valence-electron chi connectivity index (χ3n) is 4.11. The lowest BCUT2D eigenvalue weighted by Crippen LogP contribution is -2.39. The van der Waals surface area contributed by atoms with Crippen molar-refractivity contribution >= 4 is 41.3 Å². The van der Waals surface area contributed by atoms with Gasteiger partial charge in [-0.05, 0) is 42.5 Å². The van der Waals surface area contributed by atoms with E-state index in [4.69, 9.17) is 4.99 Å². The van der Waals surface area contributed by atoms with Crippen LogP contribution in [0.5, 0.6) is 0 Å². The first-order valence-electron chi connectivity index (χ1n) is 8.87. The lowest BCUT2D eigenvalue weighted by atomic mass is 10.2. The minimum absolute atomic E-state index is 0. The first-order chi connectivity index (χ1) is 12.8. The summed E-state index contributed by atoms with van der Waals surface area (Å²) in [6.45, 7) is 4.50. The number of halogens is 1. The topological polar surface area (TPSA) is 45.5 Å². The zero-order chi connectivity index (χ0) is 18.2. The molecule has 0 aliphatic rings. The van der Waals surface area contributed by atoms with Crippen LogP contribution in [-0.4, -0.2) is 40.8 Å². The largest absolute Gasteiger partial charge is 0.357 e. The van der Waals surface area contributed by atoms with Gasteiger partial charge in [0, 0.05) is 37.4 Å². The number of hydrogen-bond donors (Lipinski definition) is 1. The molecule has 27 heavy (non-hydrogen) atoms. The van der Waals surface area contributed by atoms with Crippen molar-refractivity contribution in [1.29, 1.82) is 0 Å². The molecule has 1 N–H and O–H groups in total. The Morgan fingerprint density at radius 2 is 2.07 bits per heavy atom. The number of nitrogens with one attached hydrogen (secondary N) is 1. The normalized spacial score (nSPS) is 11.1. The molecule has 0 aliphatic carbocycles. The Hall–Kier alpha value is -1.87. The van der Waals surface area contributed by atoms with Crippen molar-refractivity contribution in [1.82, 2.24) is 20.0 Å². The summed E-state index contributed by atoms with van der Waals surface area (Å²) in [5, 5.41) is 9.87. The molecule has 1 aromatic carbocycles. The Morgan fingerprint density at radius 1 is 1.22 bits per heavy atom. The molecule has 0 saturated carbocycles. The predicted octanol–water partition coefficient (Wildman–Crippen LogP) is 4.19. The zero-order valence-corrected chi connectivity index (χ0v) is 18.9. The molecule has 3 aromatic rings. The average molecular weight is 495 g/mol. The van der Waals surface area contributed by atoms with E-state index >= 15 is 0 Å². The molecule has 0 bridgehead atoms. The van der Waals surface area contributed by atoms with Gasteiger partial charge in [-0.2, -0.15) is 5.10 Å². The number of thiophene rings is 1. The Labute approximate surface area is 182 Å². The molecule has 3 rings (SSSR count). The van der Waals surface area contributed by atoms with Gasteiger partial charge >= 0.3 is 0 Å². The number of rotatable bonds is 7. The van der Waals surface area contributed by atoms with Gasteiger partial charge < -0.3 is 10.2 Å². The summed E-state index contributed by atoms with van der Waals surface area (Å²) in [4.78, 5) is 8.44. The molecule has 0 unspecified atom stereocenters. The number of hydrogen-bond acceptors (Lipinski definition) is 3. The van der Waals surface area contributed by atoms with E-state index in [1.807, 2.05) is 29.1 Å². The van der Waals surface area contributed by atoms with Crippen LogP contribution in [0.2, 0.25) is 0 Å². The summed E-state index contributed by atoms with van der Waals surface area (Å²) in [5.41, 5.74) is 2.22. The standard InChI is InChI=1S/C20H25N5S.HI/c1-3-21-20(24(2)14-11-18-9-6-15-26-18)22-16-17-8-4-5-10-19(17)25-13-7-12-23-25;/h4-10,12-13,15H,3,11,14,16H2,1-2H3,(H,21,22);1H. The number of nitrogens with zero attached hydrogens (tertiary/aromatic N) is 4. The minimum atomic E-state index is 0. The number of aliphatic imine (C=N–C) groups is 1. The SMILES string of the molecule is CCNC(=NCc1ccccc1-n1cccn1)N(C)CCc1cccs1.I. The van der Waals surface area contributed by atoms with Crippen molar-refractivity contribution < 1.29 is 0 Å². The fourth-order valence-corrected chi connectivity index (χ4v) is 3.45. The molecular weight excluding hydrogens is 469 g/mol. The van der Waals surface area contributed by atoms with Crippen LogP contribution >= 0.6 is 35.3 Å². The van der Waals surface area contributed by atoms with Crippen LogP contribution in [-0.2, 0) is 13.0 Å². The van der Waals surface area contributed by atoms with E-state index in [-0.39, 0.29) is 24.0 Å². The van der Waals surface area contributed by atoms with E-state index in [2.05, 4.69) is 58.9 Å². The maximum Gasteiger partial charge on any atom is 0.193 e. The maximum atomic E-state index is 4.85. The van der Waals surface area contributed by atoms with Gasteiger partial charge in [-0.25, -0.2) is 9.67 Å². The highest BCUT2D eigenvalue weighted by atomic mass is 127. The summed E-state index contributed by atoms with van der Waals surface area (Å²) in [6, 6.07) is 14.5. The Morgan fingerprint density at radius 3 is 2.78 bits per heavy atom. The highest BCUT2D eigenvalue weighted by Crippen LogP contribution is 2.15. The second-order valence-corrected chi connectivity index (χ2v) is 7.03. The molecule has 0 saturated heterocycles. The molecule has 0 amide bonds. The van der Waals surface area contributed by atoms with E-state index in [9.17, 15) is 0 Å². The zero-order valence-electron chi connectivity index (χ0n) is 15.7. The number of likely N-dealkylation sites (N-methyl/N-ethyl adjacent to an activating group) is 1. The van der Waals surface area contributed by atoms with Gasteiger partial charge in [-0.3, -0.25) is 0 Å². The number of benzene rings is 1. The third kappa shape index (κ3) is 6.07. The predicted molar refractivity (Wildman–Crippen MR) is 124 cm³/mol. The second-order valence-electron chi connectivity index (χ2n) is 6.00. The van der Waals surface area contributed by atoms with E-state index < -0.39 is 0 Å². The first-order valence-corrected chi connectivity index (χ1v) is 9.75. The van der Waals surface area contributed by atoms with Crippen molar-refractivity contribution in [2.24, 2.45) is 4.99 Å². The van der Waals surface area contributed by atoms with Gasteiger partial charge in [0.05, 0.1) is 12.2 Å². The van der Waals surface area contributed by atoms with Crippen LogP contribution in [0, 0.1) is 0 Å². The van der Waals surface area contributed by atoms with Crippen molar-refractivity contribution in [3.05, 3.63) is 70.7 Å². The molecule has 2 heterocycles. The number of guanidine groups is 1. The Bertz CT molecular complexity index is 815. The van der Waals surface area contributed by atoms with E-state index in [1.165, 1.54) is 4.88 Å². The van der Waals surface area contributed by atoms with Crippen LogP contribution in [0.4, 0.5) is 0 Å². The van der Waals surface area contributed by atoms with Gasteiger partial charge in [-0.15, -0.1) is 35.3 Å². The lowest BCUT2D eigenvalue weighted by Gasteiger charge is -2.22. The quantitative estimate of drug-likeness (QED) is 0.304. The van der Waals surface area contributed by atoms with E-state index in [1.54, 1.807) is 17.5 Å². The molecule has 0 fully saturated rings. The molecule has 0 aliphatic heterocycles. The molecule has 5 nitrogen and oxygen atoms in total. The third-order valence-corrected chi connectivity index (χ3v) is 5.05. The van der Waals surface area contributed by atoms with Crippen molar-refractivity contribution in [3.63, 3.8) is 0 Å². The molecular formula is C20H26IN5S. The fourth-order valence-electron chi connectivity index (χ4n) is 2.75. The Balaban J connectivity index is 0.00000261. The van der Waals surface area contributed by atoms with Crippen LogP contribution < -0.4 is 5.32 Å². The summed E-state index contributed by atoms with van der Waals surface area (Å²) in [6.07, 6.45) is 4.78. The average Bonchev–Trinajstić information content (AvgIpc) is 3.37. The highest BCUT2D eigenvalue weighted by molar-refractivity contribution is 14.0. The van der Waals surface area contributed by atoms with Crippen molar-refractivity contribution in [2.45, 2.75) is 19.9 Å². The summed E-state index contributed by atoms with van der Waals surface area (Å²) >= 11 is 1.80. The second kappa shape index (κ2) is 11.1. The minimum Gasteiger partial charge on any atom is -0.357 e. The van der Waals surface area contributed by atoms with Crippen LogP contribution in [0.15, 0.2) is 65.2 Å². The fraction of sp³-hybridized carbons (Fsp3) is 0.300. The molecule has 7 heteroatoms. The molecule has 144 valence electrons. The molecule has 2 aromatic heterocycles. The first kappa shape index (κ1) is 21.4. The van der Waals surface area contributed by atoms with Crippen LogP contribution in [0.1, 0.15) is 17.4 Å². The Kier molecular flexibility index (Phi) is 8.80. The van der Waals surface area contributed by atoms with Crippen LogP contribution in [0.3, 0.4) is 0 Å². The van der Waals surface area contributed by atoms with Crippen molar-refractivity contribution in [2.75, 3.05) is 20.1 Å². The lowest BCUT2D eigenvalue weighted by molar-refractivity contribution is 0.486. The van der Waals surface area contributed by atoms with Gasteiger partial charge in [0.1, 0.15) is 0 Å².